The Kier molecular flexibility index (Phi) is 6.09. The lowest BCUT2D eigenvalue weighted by Crippen LogP contribution is -2.38. The van der Waals surface area contributed by atoms with Crippen LogP contribution in [0.1, 0.15) is 40.5 Å². The number of hydrogen-bond donors (Lipinski definition) is 0. The smallest absolute Gasteiger partial charge is 0.231 e. The minimum Gasteiger partial charge on any atom is -0.337 e. The van der Waals surface area contributed by atoms with Crippen molar-refractivity contribution in [2.75, 3.05) is 11.4 Å². The zero-order valence-electron chi connectivity index (χ0n) is 11.3. The van der Waals surface area contributed by atoms with Crippen molar-refractivity contribution in [1.82, 2.24) is 15.0 Å². The third kappa shape index (κ3) is 4.25. The first-order valence-corrected chi connectivity index (χ1v) is 7.07. The standard InChI is InChI=1S/C12H20Cl2N4/c1-5-9(6-2)18(7-8(3)4)12-16-10(13)15-11(14)17-12/h8-9H,5-7H2,1-4H3. The Morgan fingerprint density at radius 3 is 1.89 bits per heavy atom. The Labute approximate surface area is 119 Å². The van der Waals surface area contributed by atoms with Crippen molar-refractivity contribution >= 4 is 29.2 Å². The average Bonchev–Trinajstić information content (AvgIpc) is 2.27. The predicted octanol–water partition coefficient (Wildman–Crippen LogP) is 3.83. The molecule has 18 heavy (non-hydrogen) atoms. The fourth-order valence-corrected chi connectivity index (χ4v) is 2.32. The van der Waals surface area contributed by atoms with Crippen molar-refractivity contribution < 1.29 is 0 Å². The summed E-state index contributed by atoms with van der Waals surface area (Å²) in [4.78, 5) is 14.3. The highest BCUT2D eigenvalue weighted by atomic mass is 35.5. The Morgan fingerprint density at radius 2 is 1.50 bits per heavy atom. The van der Waals surface area contributed by atoms with Gasteiger partial charge in [0.15, 0.2) is 0 Å². The first kappa shape index (κ1) is 15.4. The van der Waals surface area contributed by atoms with E-state index in [9.17, 15) is 0 Å². The molecule has 0 bridgehead atoms. The Balaban J connectivity index is 3.07. The highest BCUT2D eigenvalue weighted by Crippen LogP contribution is 2.20. The molecule has 0 atom stereocenters. The monoisotopic (exact) mass is 290 g/mol. The van der Waals surface area contributed by atoms with Crippen LogP contribution in [0.2, 0.25) is 10.6 Å². The number of aromatic nitrogens is 3. The van der Waals surface area contributed by atoms with Crippen LogP contribution in [0, 0.1) is 5.92 Å². The number of anilines is 1. The van der Waals surface area contributed by atoms with Gasteiger partial charge in [0.25, 0.3) is 0 Å². The lowest BCUT2D eigenvalue weighted by atomic mass is 10.1. The Bertz CT molecular complexity index is 360. The van der Waals surface area contributed by atoms with Crippen molar-refractivity contribution in [3.63, 3.8) is 0 Å². The molecule has 4 nitrogen and oxygen atoms in total. The average molecular weight is 291 g/mol. The molecule has 6 heteroatoms. The molecule has 1 rings (SSSR count). The third-order valence-electron chi connectivity index (χ3n) is 2.77. The van der Waals surface area contributed by atoms with E-state index in [1.165, 1.54) is 0 Å². The predicted molar refractivity (Wildman–Crippen MR) is 76.4 cm³/mol. The van der Waals surface area contributed by atoms with Crippen LogP contribution in [0.3, 0.4) is 0 Å². The zero-order valence-corrected chi connectivity index (χ0v) is 12.8. The zero-order chi connectivity index (χ0) is 13.7. The molecular weight excluding hydrogens is 271 g/mol. The van der Waals surface area contributed by atoms with E-state index >= 15 is 0 Å². The molecule has 0 aromatic carbocycles. The van der Waals surface area contributed by atoms with Gasteiger partial charge in [-0.3, -0.25) is 0 Å². The van der Waals surface area contributed by atoms with Gasteiger partial charge in [0.2, 0.25) is 16.5 Å². The second-order valence-corrected chi connectivity index (χ2v) is 5.37. The van der Waals surface area contributed by atoms with Gasteiger partial charge in [0.05, 0.1) is 0 Å². The van der Waals surface area contributed by atoms with Crippen LogP contribution in [0.25, 0.3) is 0 Å². The summed E-state index contributed by atoms with van der Waals surface area (Å²) in [6.45, 7) is 9.53. The van der Waals surface area contributed by atoms with E-state index in [0.29, 0.717) is 17.9 Å². The molecule has 0 spiro atoms. The number of halogens is 2. The topological polar surface area (TPSA) is 41.9 Å². The van der Waals surface area contributed by atoms with E-state index in [1.807, 2.05) is 0 Å². The maximum atomic E-state index is 5.85. The summed E-state index contributed by atoms with van der Waals surface area (Å²) in [5.41, 5.74) is 0. The molecule has 0 fully saturated rings. The quantitative estimate of drug-likeness (QED) is 0.798. The molecule has 1 heterocycles. The molecule has 0 N–H and O–H groups in total. The van der Waals surface area contributed by atoms with Crippen LogP contribution in [-0.2, 0) is 0 Å². The minimum atomic E-state index is 0.143. The highest BCUT2D eigenvalue weighted by Gasteiger charge is 2.20. The molecule has 1 aromatic rings. The van der Waals surface area contributed by atoms with Crippen molar-refractivity contribution in [2.45, 2.75) is 46.6 Å². The second-order valence-electron chi connectivity index (χ2n) is 4.69. The van der Waals surface area contributed by atoms with Gasteiger partial charge in [0.1, 0.15) is 0 Å². The molecule has 0 saturated heterocycles. The second kappa shape index (κ2) is 7.10. The summed E-state index contributed by atoms with van der Waals surface area (Å²) in [5.74, 6) is 1.09. The lowest BCUT2D eigenvalue weighted by Gasteiger charge is -2.32. The molecular formula is C12H20Cl2N4. The fourth-order valence-electron chi connectivity index (χ4n) is 1.96. The molecule has 0 aliphatic rings. The van der Waals surface area contributed by atoms with Crippen LogP contribution >= 0.6 is 23.2 Å². The Hall–Kier alpha value is -0.610. The van der Waals surface area contributed by atoms with Crippen molar-refractivity contribution in [1.29, 1.82) is 0 Å². The van der Waals surface area contributed by atoms with Gasteiger partial charge < -0.3 is 4.90 Å². The van der Waals surface area contributed by atoms with E-state index in [0.717, 1.165) is 19.4 Å². The molecule has 0 aliphatic carbocycles. The highest BCUT2D eigenvalue weighted by molar-refractivity contribution is 6.31. The van der Waals surface area contributed by atoms with E-state index in [2.05, 4.69) is 47.5 Å². The fraction of sp³-hybridized carbons (Fsp3) is 0.750. The van der Waals surface area contributed by atoms with Crippen LogP contribution in [0.5, 0.6) is 0 Å². The van der Waals surface area contributed by atoms with Crippen LogP contribution < -0.4 is 4.90 Å². The van der Waals surface area contributed by atoms with Gasteiger partial charge in [0, 0.05) is 12.6 Å². The van der Waals surface area contributed by atoms with Crippen LogP contribution in [0.15, 0.2) is 0 Å². The molecule has 0 saturated carbocycles. The van der Waals surface area contributed by atoms with Crippen LogP contribution in [0.4, 0.5) is 5.95 Å². The number of nitrogens with zero attached hydrogens (tertiary/aromatic N) is 4. The maximum absolute atomic E-state index is 5.85. The van der Waals surface area contributed by atoms with Gasteiger partial charge in [-0.15, -0.1) is 0 Å². The number of hydrogen-bond acceptors (Lipinski definition) is 4. The Morgan fingerprint density at radius 1 is 1.00 bits per heavy atom. The summed E-state index contributed by atoms with van der Waals surface area (Å²) in [6, 6.07) is 0.391. The first-order valence-electron chi connectivity index (χ1n) is 6.31. The van der Waals surface area contributed by atoms with Gasteiger partial charge >= 0.3 is 0 Å². The van der Waals surface area contributed by atoms with E-state index in [1.54, 1.807) is 0 Å². The van der Waals surface area contributed by atoms with Crippen molar-refractivity contribution in [2.24, 2.45) is 5.92 Å². The third-order valence-corrected chi connectivity index (χ3v) is 3.11. The van der Waals surface area contributed by atoms with Crippen LogP contribution in [-0.4, -0.2) is 27.5 Å². The molecule has 0 aliphatic heterocycles. The first-order chi connectivity index (χ1) is 8.47. The van der Waals surface area contributed by atoms with Gasteiger partial charge in [-0.2, -0.15) is 15.0 Å². The van der Waals surface area contributed by atoms with E-state index in [-0.39, 0.29) is 10.6 Å². The SMILES string of the molecule is CCC(CC)N(CC(C)C)c1nc(Cl)nc(Cl)n1. The lowest BCUT2D eigenvalue weighted by molar-refractivity contribution is 0.498. The maximum Gasteiger partial charge on any atom is 0.231 e. The molecule has 0 unspecified atom stereocenters. The molecule has 1 aromatic heterocycles. The van der Waals surface area contributed by atoms with Crippen molar-refractivity contribution in [3.05, 3.63) is 10.6 Å². The van der Waals surface area contributed by atoms with E-state index in [4.69, 9.17) is 23.2 Å². The summed E-state index contributed by atoms with van der Waals surface area (Å²) < 4.78 is 0. The van der Waals surface area contributed by atoms with Gasteiger partial charge in [-0.05, 0) is 42.0 Å². The molecule has 0 radical (unpaired) electrons. The summed E-state index contributed by atoms with van der Waals surface area (Å²) in [7, 11) is 0. The molecule has 0 amide bonds. The number of rotatable bonds is 6. The summed E-state index contributed by atoms with van der Waals surface area (Å²) in [6.07, 6.45) is 2.06. The molecule has 102 valence electrons. The van der Waals surface area contributed by atoms with Crippen molar-refractivity contribution in [3.8, 4) is 0 Å². The summed E-state index contributed by atoms with van der Waals surface area (Å²) in [5, 5.41) is 0.287. The minimum absolute atomic E-state index is 0.143. The normalized spacial score (nSPS) is 11.3. The largest absolute Gasteiger partial charge is 0.337 e. The summed E-state index contributed by atoms with van der Waals surface area (Å²) >= 11 is 11.7. The van der Waals surface area contributed by atoms with E-state index < -0.39 is 0 Å². The van der Waals surface area contributed by atoms with Gasteiger partial charge in [-0.25, -0.2) is 0 Å². The van der Waals surface area contributed by atoms with Gasteiger partial charge in [-0.1, -0.05) is 27.7 Å².